The minimum atomic E-state index is -4.76. The minimum Gasteiger partial charge on any atom is -0.431 e. The molecule has 1 saturated carbocycles. The molecule has 0 aromatic heterocycles. The highest BCUT2D eigenvalue weighted by atomic mass is 32.2. The molecule has 0 bridgehead atoms. The number of carbonyl (C=O) groups is 3. The van der Waals surface area contributed by atoms with Crippen LogP contribution in [0.15, 0.2) is 23.1 Å². The van der Waals surface area contributed by atoms with Crippen LogP contribution in [0.25, 0.3) is 0 Å². The van der Waals surface area contributed by atoms with Crippen molar-refractivity contribution in [3.63, 3.8) is 0 Å². The van der Waals surface area contributed by atoms with Gasteiger partial charge in [0.05, 0.1) is 5.69 Å². The fourth-order valence-electron chi connectivity index (χ4n) is 4.58. The number of carbonyl (C=O) groups excluding carboxylic acids is 3. The molecule has 36 heavy (non-hydrogen) atoms. The molecule has 2 aliphatic heterocycles. The van der Waals surface area contributed by atoms with Crippen LogP contribution in [0.3, 0.4) is 0 Å². The summed E-state index contributed by atoms with van der Waals surface area (Å²) in [4.78, 5) is 41.6. The van der Waals surface area contributed by atoms with Crippen LogP contribution >= 0.6 is 0 Å². The van der Waals surface area contributed by atoms with Crippen molar-refractivity contribution in [3.8, 4) is 5.75 Å². The molecule has 2 heterocycles. The zero-order valence-electron chi connectivity index (χ0n) is 19.6. The summed E-state index contributed by atoms with van der Waals surface area (Å²) >= 11 is 0. The van der Waals surface area contributed by atoms with Gasteiger partial charge in [-0.15, -0.1) is 0 Å². The summed E-state index contributed by atoms with van der Waals surface area (Å²) < 4.78 is 59.7. The predicted octanol–water partition coefficient (Wildman–Crippen LogP) is 0.244. The molecule has 4 rings (SSSR count). The second kappa shape index (κ2) is 10.6. The summed E-state index contributed by atoms with van der Waals surface area (Å²) in [6.45, 7) is -1.42. The molecular formula is C22H29F2N5O6S. The van der Waals surface area contributed by atoms with E-state index >= 15 is 0 Å². The fourth-order valence-corrected chi connectivity index (χ4v) is 5.88. The second-order valence-corrected chi connectivity index (χ2v) is 10.7. The van der Waals surface area contributed by atoms with Crippen molar-refractivity contribution in [1.29, 1.82) is 0 Å². The number of sulfonamides is 1. The van der Waals surface area contributed by atoms with E-state index in [0.29, 0.717) is 45.1 Å². The van der Waals surface area contributed by atoms with Crippen LogP contribution in [0.1, 0.15) is 32.1 Å². The van der Waals surface area contributed by atoms with Crippen molar-refractivity contribution in [2.45, 2.75) is 55.7 Å². The number of halogens is 2. The largest absolute Gasteiger partial charge is 0.431 e. The molecule has 1 aromatic carbocycles. The molecule has 3 aliphatic rings. The molecule has 0 unspecified atom stereocenters. The van der Waals surface area contributed by atoms with E-state index < -0.39 is 45.1 Å². The monoisotopic (exact) mass is 529 g/mol. The van der Waals surface area contributed by atoms with Gasteiger partial charge in [0, 0.05) is 45.2 Å². The SMILES string of the molecule is NC(=O)[C@H](NS(=O)(=O)c1cccc(N2CCCCC2=O)c1OC(F)F)C(=O)N1CCN(C2CC2)CC1. The standard InChI is InChI=1S/C22H29F2N5O6S/c23-22(24)35-19-15(29-9-2-1-6-17(29)30)4-3-5-16(19)36(33,34)26-18(20(25)31)21(32)28-12-10-27(11-13-28)14-7-8-14/h3-5,14,18,22,26H,1-2,6-13H2,(H2,25,31)/t18-/m0/s1. The van der Waals surface area contributed by atoms with Crippen LogP contribution in [0, 0.1) is 0 Å². The van der Waals surface area contributed by atoms with Crippen LogP contribution in [0.2, 0.25) is 0 Å². The first-order valence-electron chi connectivity index (χ1n) is 11.8. The zero-order valence-corrected chi connectivity index (χ0v) is 20.4. The van der Waals surface area contributed by atoms with Crippen molar-refractivity contribution in [2.24, 2.45) is 5.73 Å². The van der Waals surface area contributed by atoms with E-state index in [-0.39, 0.29) is 24.6 Å². The molecule has 3 N–H and O–H groups in total. The smallest absolute Gasteiger partial charge is 0.387 e. The van der Waals surface area contributed by atoms with Crippen molar-refractivity contribution in [3.05, 3.63) is 18.2 Å². The molecule has 1 aliphatic carbocycles. The maximum absolute atomic E-state index is 13.3. The first-order chi connectivity index (χ1) is 17.1. The van der Waals surface area contributed by atoms with Gasteiger partial charge in [-0.25, -0.2) is 8.42 Å². The first kappa shape index (κ1) is 26.2. The number of ether oxygens (including phenoxy) is 1. The van der Waals surface area contributed by atoms with E-state index in [1.165, 1.54) is 21.9 Å². The molecule has 0 radical (unpaired) electrons. The highest BCUT2D eigenvalue weighted by Crippen LogP contribution is 2.38. The number of primary amides is 1. The van der Waals surface area contributed by atoms with Gasteiger partial charge in [0.1, 0.15) is 4.90 Å². The van der Waals surface area contributed by atoms with Crippen LogP contribution in [-0.4, -0.2) is 87.4 Å². The number of nitrogens with zero attached hydrogens (tertiary/aromatic N) is 3. The topological polar surface area (TPSA) is 142 Å². The van der Waals surface area contributed by atoms with E-state index in [4.69, 9.17) is 5.73 Å². The van der Waals surface area contributed by atoms with E-state index in [1.54, 1.807) is 0 Å². The number of para-hydroxylation sites is 1. The maximum Gasteiger partial charge on any atom is 0.387 e. The predicted molar refractivity (Wildman–Crippen MR) is 124 cm³/mol. The first-order valence-corrected chi connectivity index (χ1v) is 13.3. The average Bonchev–Trinajstić information content (AvgIpc) is 3.68. The number of nitrogens with two attached hydrogens (primary N) is 1. The lowest BCUT2D eigenvalue weighted by Crippen LogP contribution is -2.58. The number of nitrogens with one attached hydrogen (secondary N) is 1. The third-order valence-electron chi connectivity index (χ3n) is 6.56. The Kier molecular flexibility index (Phi) is 7.76. The number of amides is 3. The average molecular weight is 530 g/mol. The van der Waals surface area contributed by atoms with E-state index in [0.717, 1.165) is 18.9 Å². The van der Waals surface area contributed by atoms with Gasteiger partial charge in [-0.3, -0.25) is 19.3 Å². The Labute approximate surface area is 207 Å². The third kappa shape index (κ3) is 5.76. The number of alkyl halides is 2. The van der Waals surface area contributed by atoms with Gasteiger partial charge < -0.3 is 20.3 Å². The number of rotatable bonds is 9. The molecular weight excluding hydrogens is 500 g/mol. The van der Waals surface area contributed by atoms with Gasteiger partial charge in [-0.05, 0) is 37.8 Å². The van der Waals surface area contributed by atoms with E-state index in [2.05, 4.69) is 9.64 Å². The quantitative estimate of drug-likeness (QED) is 0.437. The molecule has 1 aromatic rings. The van der Waals surface area contributed by atoms with E-state index in [1.807, 2.05) is 4.72 Å². The summed E-state index contributed by atoms with van der Waals surface area (Å²) in [6, 6.07) is 2.12. The van der Waals surface area contributed by atoms with Crippen LogP contribution in [0.4, 0.5) is 14.5 Å². The number of hydrogen-bond acceptors (Lipinski definition) is 7. The molecule has 0 spiro atoms. The van der Waals surface area contributed by atoms with Gasteiger partial charge in [0.25, 0.3) is 5.91 Å². The summed E-state index contributed by atoms with van der Waals surface area (Å²) in [6.07, 6.45) is 3.60. The molecule has 14 heteroatoms. The zero-order chi connectivity index (χ0) is 26.0. The molecule has 198 valence electrons. The Bertz CT molecular complexity index is 1120. The summed E-state index contributed by atoms with van der Waals surface area (Å²) in [5.74, 6) is -3.16. The molecule has 2 saturated heterocycles. The maximum atomic E-state index is 13.3. The number of hydrogen-bond donors (Lipinski definition) is 2. The Morgan fingerprint density at radius 2 is 1.78 bits per heavy atom. The van der Waals surface area contributed by atoms with Crippen molar-refractivity contribution < 1.29 is 36.3 Å². The molecule has 3 fully saturated rings. The second-order valence-electron chi connectivity index (χ2n) is 9.03. The number of piperazine rings is 1. The summed E-state index contributed by atoms with van der Waals surface area (Å²) in [5.41, 5.74) is 5.23. The molecule has 3 amide bonds. The van der Waals surface area contributed by atoms with Gasteiger partial charge in [0.2, 0.25) is 21.8 Å². The number of anilines is 1. The highest BCUT2D eigenvalue weighted by Gasteiger charge is 2.39. The van der Waals surface area contributed by atoms with Crippen molar-refractivity contribution in [2.75, 3.05) is 37.6 Å². The summed E-state index contributed by atoms with van der Waals surface area (Å²) in [7, 11) is -4.76. The molecule has 11 nitrogen and oxygen atoms in total. The number of piperidine rings is 1. The Morgan fingerprint density at radius 1 is 1.08 bits per heavy atom. The van der Waals surface area contributed by atoms with E-state index in [9.17, 15) is 31.6 Å². The Morgan fingerprint density at radius 3 is 2.36 bits per heavy atom. The summed E-state index contributed by atoms with van der Waals surface area (Å²) in [5, 5.41) is 0. The lowest BCUT2D eigenvalue weighted by molar-refractivity contribution is -0.139. The normalized spacial score (nSPS) is 20.5. The highest BCUT2D eigenvalue weighted by molar-refractivity contribution is 7.89. The van der Waals surface area contributed by atoms with Gasteiger partial charge >= 0.3 is 6.61 Å². The van der Waals surface area contributed by atoms with Crippen LogP contribution in [-0.2, 0) is 24.4 Å². The van der Waals surface area contributed by atoms with Crippen LogP contribution < -0.4 is 20.1 Å². The van der Waals surface area contributed by atoms with Gasteiger partial charge in [0.15, 0.2) is 11.8 Å². The van der Waals surface area contributed by atoms with Crippen LogP contribution in [0.5, 0.6) is 5.75 Å². The lowest BCUT2D eigenvalue weighted by Gasteiger charge is -2.36. The van der Waals surface area contributed by atoms with Gasteiger partial charge in [-0.2, -0.15) is 13.5 Å². The number of benzene rings is 1. The van der Waals surface area contributed by atoms with Crippen molar-refractivity contribution in [1.82, 2.24) is 14.5 Å². The minimum absolute atomic E-state index is 0.138. The van der Waals surface area contributed by atoms with Crippen molar-refractivity contribution >= 4 is 33.4 Å². The Hall–Kier alpha value is -2.84. The Balaban J connectivity index is 1.59. The molecule has 1 atom stereocenters. The fraction of sp³-hybridized carbons (Fsp3) is 0.591. The third-order valence-corrected chi connectivity index (χ3v) is 8.01. The van der Waals surface area contributed by atoms with Gasteiger partial charge in [-0.1, -0.05) is 6.07 Å². The lowest BCUT2D eigenvalue weighted by atomic mass is 10.1.